The topological polar surface area (TPSA) is 93.5 Å². The largest absolute Gasteiger partial charge is 0.458 e. The van der Waals surface area contributed by atoms with Crippen molar-refractivity contribution in [2.75, 3.05) is 13.1 Å². The molecule has 2 N–H and O–H groups in total. The summed E-state index contributed by atoms with van der Waals surface area (Å²) < 4.78 is 21.2. The Kier molecular flexibility index (Phi) is 5.10. The summed E-state index contributed by atoms with van der Waals surface area (Å²) in [6, 6.07) is 4.93. The summed E-state index contributed by atoms with van der Waals surface area (Å²) in [5.74, 6) is -1.09. The Morgan fingerprint density at radius 2 is 2.03 bits per heavy atom. The molecular formula is C25H26FN3O4. The molecule has 8 heteroatoms. The second-order valence-electron chi connectivity index (χ2n) is 8.74. The minimum atomic E-state index is -1.88. The van der Waals surface area contributed by atoms with E-state index in [0.717, 1.165) is 29.6 Å². The van der Waals surface area contributed by atoms with Gasteiger partial charge in [-0.3, -0.25) is 4.79 Å². The van der Waals surface area contributed by atoms with Crippen LogP contribution in [0.25, 0.3) is 22.3 Å². The van der Waals surface area contributed by atoms with Gasteiger partial charge in [0.2, 0.25) is 0 Å². The number of likely N-dealkylation sites (N-methyl/N-ethyl adjacent to an activating group) is 1. The lowest BCUT2D eigenvalue weighted by atomic mass is 9.86. The number of aliphatic hydroxyl groups is 1. The van der Waals surface area contributed by atoms with Crippen LogP contribution < -0.4 is 10.9 Å². The van der Waals surface area contributed by atoms with Gasteiger partial charge in [-0.2, -0.15) is 0 Å². The van der Waals surface area contributed by atoms with Crippen molar-refractivity contribution in [1.82, 2.24) is 14.9 Å². The van der Waals surface area contributed by atoms with Crippen molar-refractivity contribution < 1.29 is 19.0 Å². The molecule has 33 heavy (non-hydrogen) atoms. The highest BCUT2D eigenvalue weighted by atomic mass is 19.1. The standard InChI is InChI=1S/C25H26FN3O4/c1-4-25(32)18-9-21-22-16(11-29(21)23(30)17(18)12-33-24(25)31)14(6-7-27-5-2)15-8-13(3)19(26)10-20(15)28-22/h8-10,27,32H,4-7,11-12H2,1-3H3/t25-/m0/s1. The van der Waals surface area contributed by atoms with Crippen LogP contribution in [-0.2, 0) is 34.7 Å². The Bertz CT molecular complexity index is 1380. The maximum atomic E-state index is 14.4. The number of fused-ring (bicyclic) bond motifs is 5. The first-order valence-corrected chi connectivity index (χ1v) is 11.3. The fourth-order valence-corrected chi connectivity index (χ4v) is 4.97. The number of ether oxygens (including phenoxy) is 1. The van der Waals surface area contributed by atoms with Crippen molar-refractivity contribution in [2.24, 2.45) is 0 Å². The zero-order chi connectivity index (χ0) is 23.5. The third-order valence-corrected chi connectivity index (χ3v) is 6.89. The highest BCUT2D eigenvalue weighted by Crippen LogP contribution is 2.40. The smallest absolute Gasteiger partial charge is 0.343 e. The Labute approximate surface area is 190 Å². The minimum absolute atomic E-state index is 0.0815. The van der Waals surface area contributed by atoms with E-state index in [0.29, 0.717) is 35.4 Å². The van der Waals surface area contributed by atoms with Crippen molar-refractivity contribution in [3.05, 3.63) is 62.2 Å². The molecule has 0 fully saturated rings. The van der Waals surface area contributed by atoms with Crippen molar-refractivity contribution in [3.8, 4) is 11.4 Å². The highest BCUT2D eigenvalue weighted by Gasteiger charge is 2.45. The molecular weight excluding hydrogens is 425 g/mol. The molecule has 1 atom stereocenters. The molecule has 0 saturated heterocycles. The number of nitrogens with zero attached hydrogens (tertiary/aromatic N) is 2. The van der Waals surface area contributed by atoms with E-state index in [1.165, 1.54) is 6.07 Å². The molecule has 0 saturated carbocycles. The number of rotatable bonds is 5. The van der Waals surface area contributed by atoms with Crippen LogP contribution in [0.4, 0.5) is 4.39 Å². The normalized spacial score (nSPS) is 18.8. The van der Waals surface area contributed by atoms with Crippen LogP contribution in [0.15, 0.2) is 23.0 Å². The number of hydrogen-bond acceptors (Lipinski definition) is 6. The van der Waals surface area contributed by atoms with Crippen LogP contribution in [0.2, 0.25) is 0 Å². The van der Waals surface area contributed by atoms with Gasteiger partial charge in [-0.25, -0.2) is 14.2 Å². The first-order valence-electron chi connectivity index (χ1n) is 11.3. The Balaban J connectivity index is 1.78. The van der Waals surface area contributed by atoms with E-state index < -0.39 is 11.6 Å². The number of hydrogen-bond donors (Lipinski definition) is 2. The van der Waals surface area contributed by atoms with Crippen LogP contribution in [0.1, 0.15) is 48.1 Å². The van der Waals surface area contributed by atoms with E-state index in [-0.39, 0.29) is 35.5 Å². The molecule has 1 aromatic carbocycles. The number of carbonyl (C=O) groups excluding carboxylic acids is 1. The van der Waals surface area contributed by atoms with E-state index >= 15 is 0 Å². The van der Waals surface area contributed by atoms with Gasteiger partial charge in [-0.1, -0.05) is 13.8 Å². The van der Waals surface area contributed by atoms with Crippen LogP contribution in [-0.4, -0.2) is 33.7 Å². The van der Waals surface area contributed by atoms with Crippen molar-refractivity contribution in [1.29, 1.82) is 0 Å². The van der Waals surface area contributed by atoms with Gasteiger partial charge in [0.05, 0.1) is 29.0 Å². The van der Waals surface area contributed by atoms with E-state index in [9.17, 15) is 19.1 Å². The van der Waals surface area contributed by atoms with Gasteiger partial charge in [0.15, 0.2) is 5.60 Å². The second-order valence-corrected chi connectivity index (χ2v) is 8.74. The summed E-state index contributed by atoms with van der Waals surface area (Å²) in [4.78, 5) is 30.5. The van der Waals surface area contributed by atoms with Gasteiger partial charge in [-0.15, -0.1) is 0 Å². The van der Waals surface area contributed by atoms with Gasteiger partial charge < -0.3 is 19.7 Å². The summed E-state index contributed by atoms with van der Waals surface area (Å²) in [5, 5.41) is 15.2. The van der Waals surface area contributed by atoms with E-state index in [2.05, 4.69) is 5.32 Å². The summed E-state index contributed by atoms with van der Waals surface area (Å²) in [7, 11) is 0. The number of aryl methyl sites for hydroxylation is 1. The highest BCUT2D eigenvalue weighted by molar-refractivity contribution is 5.89. The maximum absolute atomic E-state index is 14.4. The van der Waals surface area contributed by atoms with Gasteiger partial charge in [-0.05, 0) is 56.1 Å². The number of esters is 1. The Hall–Kier alpha value is -3.10. The third-order valence-electron chi connectivity index (χ3n) is 6.89. The van der Waals surface area contributed by atoms with Gasteiger partial charge in [0.25, 0.3) is 5.56 Å². The van der Waals surface area contributed by atoms with Gasteiger partial charge in [0.1, 0.15) is 12.4 Å². The monoisotopic (exact) mass is 451 g/mol. The van der Waals surface area contributed by atoms with Crippen molar-refractivity contribution in [3.63, 3.8) is 0 Å². The van der Waals surface area contributed by atoms with Crippen molar-refractivity contribution >= 4 is 16.9 Å². The second kappa shape index (κ2) is 7.74. The van der Waals surface area contributed by atoms with E-state index in [4.69, 9.17) is 9.72 Å². The number of nitrogens with one attached hydrogen (secondary N) is 1. The fourth-order valence-electron chi connectivity index (χ4n) is 4.97. The number of carbonyl (C=O) groups is 1. The molecule has 0 amide bonds. The average Bonchev–Trinajstić information content (AvgIpc) is 3.16. The molecule has 0 bridgehead atoms. The van der Waals surface area contributed by atoms with Crippen molar-refractivity contribution in [2.45, 2.75) is 52.4 Å². The molecule has 2 aliphatic heterocycles. The van der Waals surface area contributed by atoms with E-state index in [1.807, 2.05) is 13.0 Å². The Morgan fingerprint density at radius 1 is 1.24 bits per heavy atom. The number of cyclic esters (lactones) is 1. The number of halogens is 1. The predicted molar refractivity (Wildman–Crippen MR) is 121 cm³/mol. The molecule has 7 nitrogen and oxygen atoms in total. The first-order chi connectivity index (χ1) is 15.8. The lowest BCUT2D eigenvalue weighted by molar-refractivity contribution is -0.172. The fraction of sp³-hybridized carbons (Fsp3) is 0.400. The molecule has 0 spiro atoms. The van der Waals surface area contributed by atoms with E-state index in [1.54, 1.807) is 24.5 Å². The molecule has 2 aliphatic rings. The summed E-state index contributed by atoms with van der Waals surface area (Å²) in [6.07, 6.45) is 0.779. The molecule has 3 aromatic rings. The predicted octanol–water partition coefficient (Wildman–Crippen LogP) is 2.68. The summed E-state index contributed by atoms with van der Waals surface area (Å²) >= 11 is 0. The molecule has 4 heterocycles. The number of pyridine rings is 2. The summed E-state index contributed by atoms with van der Waals surface area (Å²) in [5.41, 5.74) is 2.51. The molecule has 0 unspecified atom stereocenters. The molecule has 0 radical (unpaired) electrons. The number of aromatic nitrogens is 2. The lowest BCUT2D eigenvalue weighted by Gasteiger charge is -2.31. The summed E-state index contributed by atoms with van der Waals surface area (Å²) in [6.45, 7) is 7.16. The molecule has 2 aromatic heterocycles. The van der Waals surface area contributed by atoms with Crippen LogP contribution in [0.3, 0.4) is 0 Å². The Morgan fingerprint density at radius 3 is 2.76 bits per heavy atom. The quantitative estimate of drug-likeness (QED) is 0.358. The third kappa shape index (κ3) is 3.12. The van der Waals surface area contributed by atoms with Crippen LogP contribution in [0.5, 0.6) is 0 Å². The average molecular weight is 451 g/mol. The van der Waals surface area contributed by atoms with Crippen LogP contribution in [0, 0.1) is 12.7 Å². The zero-order valence-corrected chi connectivity index (χ0v) is 18.9. The molecule has 0 aliphatic carbocycles. The first kappa shape index (κ1) is 21.7. The van der Waals surface area contributed by atoms with Crippen LogP contribution >= 0.6 is 0 Å². The van der Waals surface area contributed by atoms with Gasteiger partial charge >= 0.3 is 5.97 Å². The minimum Gasteiger partial charge on any atom is -0.458 e. The molecule has 172 valence electrons. The number of benzene rings is 1. The SMILES string of the molecule is CCNCCc1c2c(nc3cc(F)c(C)cc13)-c1cc3c(c(=O)n1C2)COC(=O)[C@]3(O)CC. The zero-order valence-electron chi connectivity index (χ0n) is 18.9. The van der Waals surface area contributed by atoms with Gasteiger partial charge in [0, 0.05) is 22.6 Å². The maximum Gasteiger partial charge on any atom is 0.343 e. The lowest BCUT2D eigenvalue weighted by Crippen LogP contribution is -2.44. The molecule has 5 rings (SSSR count).